The molecule has 2 amide bonds. The molecule has 4 nitrogen and oxygen atoms in total. The fourth-order valence-corrected chi connectivity index (χ4v) is 1.95. The van der Waals surface area contributed by atoms with Gasteiger partial charge in [-0.25, -0.2) is 0 Å². The molecule has 1 aliphatic rings. The Morgan fingerprint density at radius 1 is 1.07 bits per heavy atom. The van der Waals surface area contributed by atoms with Gasteiger partial charge in [0.05, 0.1) is 0 Å². The number of hydrogen-bond donors (Lipinski definition) is 2. The topological polar surface area (TPSA) is 58.2 Å². The van der Waals surface area contributed by atoms with E-state index in [9.17, 15) is 9.59 Å². The van der Waals surface area contributed by atoms with Crippen LogP contribution >= 0.6 is 0 Å². The van der Waals surface area contributed by atoms with E-state index in [0.29, 0.717) is 19.0 Å². The van der Waals surface area contributed by atoms with E-state index >= 15 is 0 Å². The van der Waals surface area contributed by atoms with Crippen molar-refractivity contribution >= 4 is 11.8 Å². The average molecular weight is 212 g/mol. The molecular weight excluding hydrogens is 192 g/mol. The summed E-state index contributed by atoms with van der Waals surface area (Å²) in [4.78, 5) is 22.3. The van der Waals surface area contributed by atoms with Gasteiger partial charge in [-0.3, -0.25) is 9.59 Å². The first-order valence-electron chi connectivity index (χ1n) is 5.80. The molecule has 0 atom stereocenters. The molecule has 1 saturated carbocycles. The van der Waals surface area contributed by atoms with Crippen LogP contribution in [0, 0.1) is 5.92 Å². The summed E-state index contributed by atoms with van der Waals surface area (Å²) < 4.78 is 0. The van der Waals surface area contributed by atoms with Crippen molar-refractivity contribution in [1.82, 2.24) is 10.6 Å². The van der Waals surface area contributed by atoms with Gasteiger partial charge in [0, 0.05) is 13.1 Å². The lowest BCUT2D eigenvalue weighted by atomic mass is 9.89. The first-order valence-corrected chi connectivity index (χ1v) is 5.80. The van der Waals surface area contributed by atoms with Crippen LogP contribution in [0.4, 0.5) is 0 Å². The molecule has 86 valence electrons. The van der Waals surface area contributed by atoms with Crippen LogP contribution in [0.15, 0.2) is 0 Å². The van der Waals surface area contributed by atoms with Gasteiger partial charge in [0.25, 0.3) is 0 Å². The molecule has 1 aliphatic carbocycles. The van der Waals surface area contributed by atoms with E-state index in [1.54, 1.807) is 6.92 Å². The Balaban J connectivity index is 2.17. The van der Waals surface area contributed by atoms with E-state index in [2.05, 4.69) is 10.6 Å². The number of carbonyl (C=O) groups is 2. The Bertz CT molecular complexity index is 223. The fourth-order valence-electron chi connectivity index (χ4n) is 1.95. The van der Waals surface area contributed by atoms with Crippen LogP contribution in [0.1, 0.15) is 39.0 Å². The van der Waals surface area contributed by atoms with Crippen molar-refractivity contribution in [1.29, 1.82) is 0 Å². The fraction of sp³-hybridized carbons (Fsp3) is 0.818. The van der Waals surface area contributed by atoms with Gasteiger partial charge < -0.3 is 10.6 Å². The number of amides is 2. The van der Waals surface area contributed by atoms with Gasteiger partial charge >= 0.3 is 11.8 Å². The first-order chi connectivity index (χ1) is 7.24. The van der Waals surface area contributed by atoms with Gasteiger partial charge in [-0.05, 0) is 25.7 Å². The van der Waals surface area contributed by atoms with Crippen LogP contribution in [-0.4, -0.2) is 24.9 Å². The zero-order valence-corrected chi connectivity index (χ0v) is 9.34. The lowest BCUT2D eigenvalue weighted by Crippen LogP contribution is -2.41. The molecule has 0 aliphatic heterocycles. The molecule has 2 N–H and O–H groups in total. The van der Waals surface area contributed by atoms with Gasteiger partial charge in [0.15, 0.2) is 0 Å². The number of carbonyl (C=O) groups excluding carboxylic acids is 2. The minimum atomic E-state index is -0.520. The average Bonchev–Trinajstić information content (AvgIpc) is 2.27. The van der Waals surface area contributed by atoms with Gasteiger partial charge in [0.2, 0.25) is 0 Å². The number of nitrogens with one attached hydrogen (secondary N) is 2. The van der Waals surface area contributed by atoms with E-state index in [-0.39, 0.29) is 0 Å². The molecular formula is C11H20N2O2. The molecule has 0 aromatic heterocycles. The van der Waals surface area contributed by atoms with Crippen molar-refractivity contribution in [3.05, 3.63) is 0 Å². The summed E-state index contributed by atoms with van der Waals surface area (Å²) in [7, 11) is 0. The Hall–Kier alpha value is -1.06. The summed E-state index contributed by atoms with van der Waals surface area (Å²) in [6.45, 7) is 2.94. The maximum Gasteiger partial charge on any atom is 0.309 e. The lowest BCUT2D eigenvalue weighted by molar-refractivity contribution is -0.139. The highest BCUT2D eigenvalue weighted by Gasteiger charge is 2.16. The quantitative estimate of drug-likeness (QED) is 0.680. The third-order valence-corrected chi connectivity index (χ3v) is 2.82. The molecule has 4 heteroatoms. The summed E-state index contributed by atoms with van der Waals surface area (Å²) in [5, 5.41) is 5.17. The smallest absolute Gasteiger partial charge is 0.309 e. The third kappa shape index (κ3) is 4.32. The van der Waals surface area contributed by atoms with Crippen molar-refractivity contribution < 1.29 is 9.59 Å². The van der Waals surface area contributed by atoms with E-state index in [4.69, 9.17) is 0 Å². The number of rotatable bonds is 3. The molecule has 0 bridgehead atoms. The third-order valence-electron chi connectivity index (χ3n) is 2.82. The van der Waals surface area contributed by atoms with Crippen molar-refractivity contribution in [2.24, 2.45) is 5.92 Å². The van der Waals surface area contributed by atoms with Crippen LogP contribution in [0.5, 0.6) is 0 Å². The summed E-state index contributed by atoms with van der Waals surface area (Å²) >= 11 is 0. The molecule has 0 unspecified atom stereocenters. The normalized spacial score (nSPS) is 17.1. The summed E-state index contributed by atoms with van der Waals surface area (Å²) in [6, 6.07) is 0. The van der Waals surface area contributed by atoms with Crippen LogP contribution in [-0.2, 0) is 9.59 Å². The van der Waals surface area contributed by atoms with Gasteiger partial charge in [-0.15, -0.1) is 0 Å². The molecule has 0 saturated heterocycles. The van der Waals surface area contributed by atoms with Crippen LogP contribution in [0.25, 0.3) is 0 Å². The highest BCUT2D eigenvalue weighted by atomic mass is 16.2. The zero-order valence-electron chi connectivity index (χ0n) is 9.34. The van der Waals surface area contributed by atoms with Crippen molar-refractivity contribution in [3.63, 3.8) is 0 Å². The lowest BCUT2D eigenvalue weighted by Gasteiger charge is -2.21. The van der Waals surface area contributed by atoms with E-state index < -0.39 is 11.8 Å². The van der Waals surface area contributed by atoms with Crippen molar-refractivity contribution in [3.8, 4) is 0 Å². The predicted molar refractivity (Wildman–Crippen MR) is 58.3 cm³/mol. The molecule has 15 heavy (non-hydrogen) atoms. The Labute approximate surface area is 90.8 Å². The van der Waals surface area contributed by atoms with E-state index in [1.807, 2.05) is 0 Å². The SMILES string of the molecule is CCNC(=O)C(=O)NCC1CCCCC1. The monoisotopic (exact) mass is 212 g/mol. The van der Waals surface area contributed by atoms with Crippen molar-refractivity contribution in [2.45, 2.75) is 39.0 Å². The first kappa shape index (κ1) is 12.0. The largest absolute Gasteiger partial charge is 0.348 e. The van der Waals surface area contributed by atoms with Gasteiger partial charge in [-0.1, -0.05) is 19.3 Å². The highest BCUT2D eigenvalue weighted by Crippen LogP contribution is 2.22. The molecule has 1 fully saturated rings. The van der Waals surface area contributed by atoms with E-state index in [0.717, 1.165) is 0 Å². The van der Waals surface area contributed by atoms with Crippen molar-refractivity contribution in [2.75, 3.05) is 13.1 Å². The van der Waals surface area contributed by atoms with Crippen LogP contribution in [0.2, 0.25) is 0 Å². The number of likely N-dealkylation sites (N-methyl/N-ethyl adjacent to an activating group) is 1. The predicted octanol–water partition coefficient (Wildman–Crippen LogP) is 0.819. The van der Waals surface area contributed by atoms with Gasteiger partial charge in [0.1, 0.15) is 0 Å². The standard InChI is InChI=1S/C11H20N2O2/c1-2-12-10(14)11(15)13-8-9-6-4-3-5-7-9/h9H,2-8H2,1H3,(H,12,14)(H,13,15). The Morgan fingerprint density at radius 3 is 2.27 bits per heavy atom. The van der Waals surface area contributed by atoms with E-state index in [1.165, 1.54) is 32.1 Å². The molecule has 0 radical (unpaired) electrons. The summed E-state index contributed by atoms with van der Waals surface area (Å²) in [6.07, 6.45) is 6.16. The molecule has 1 rings (SSSR count). The second-order valence-corrected chi connectivity index (χ2v) is 4.07. The van der Waals surface area contributed by atoms with Gasteiger partial charge in [-0.2, -0.15) is 0 Å². The summed E-state index contributed by atoms with van der Waals surface area (Å²) in [5.41, 5.74) is 0. The summed E-state index contributed by atoms with van der Waals surface area (Å²) in [5.74, 6) is -0.451. The van der Waals surface area contributed by atoms with Crippen LogP contribution in [0.3, 0.4) is 0 Å². The molecule has 0 aromatic rings. The molecule has 0 aromatic carbocycles. The maximum atomic E-state index is 11.3. The van der Waals surface area contributed by atoms with Crippen LogP contribution < -0.4 is 10.6 Å². The molecule has 0 heterocycles. The second-order valence-electron chi connectivity index (χ2n) is 4.07. The maximum absolute atomic E-state index is 11.3. The Morgan fingerprint density at radius 2 is 1.67 bits per heavy atom. The minimum Gasteiger partial charge on any atom is -0.348 e. The minimum absolute atomic E-state index is 0.496. The highest BCUT2D eigenvalue weighted by molar-refractivity contribution is 6.35. The second kappa shape index (κ2) is 6.43. The number of hydrogen-bond acceptors (Lipinski definition) is 2. The Kier molecular flexibility index (Phi) is 5.15. The zero-order chi connectivity index (χ0) is 11.1. The molecule has 0 spiro atoms.